The molecule has 0 saturated heterocycles. The van der Waals surface area contributed by atoms with Gasteiger partial charge >= 0.3 is 5.97 Å². The normalized spacial score (nSPS) is 22.4. The summed E-state index contributed by atoms with van der Waals surface area (Å²) < 4.78 is 0. The number of amides is 1. The summed E-state index contributed by atoms with van der Waals surface area (Å²) in [4.78, 5) is 23.8. The average Bonchev–Trinajstić information content (AvgIpc) is 2.67. The topological polar surface area (TPSA) is 92.2 Å². The maximum absolute atomic E-state index is 12.4. The number of aliphatic carboxylic acids is 1. The third-order valence-corrected chi connectivity index (χ3v) is 4.00. The molecule has 2 atom stereocenters. The summed E-state index contributed by atoms with van der Waals surface area (Å²) in [6.07, 6.45) is 4.19. The Hall–Kier alpha value is -1.98. The van der Waals surface area contributed by atoms with Crippen LogP contribution in [0.3, 0.4) is 0 Å². The Bertz CT molecular complexity index is 545. The first kappa shape index (κ1) is 15.4. The van der Waals surface area contributed by atoms with Gasteiger partial charge in [0.1, 0.15) is 0 Å². The number of nitrogens with one attached hydrogen (secondary N) is 1. The first-order valence-corrected chi connectivity index (χ1v) is 7.33. The van der Waals surface area contributed by atoms with Crippen molar-refractivity contribution < 1.29 is 14.7 Å². The third kappa shape index (κ3) is 3.77. The summed E-state index contributed by atoms with van der Waals surface area (Å²) in [5, 5.41) is 20.1. The first-order valence-electron chi connectivity index (χ1n) is 7.33. The Morgan fingerprint density at radius 2 is 1.90 bits per heavy atom. The molecule has 6 heteroatoms. The van der Waals surface area contributed by atoms with Gasteiger partial charge in [-0.25, -0.2) is 0 Å². The highest BCUT2D eigenvalue weighted by atomic mass is 16.4. The van der Waals surface area contributed by atoms with Gasteiger partial charge < -0.3 is 10.4 Å². The largest absolute Gasteiger partial charge is 0.481 e. The Kier molecular flexibility index (Phi) is 4.88. The molecule has 1 saturated carbocycles. The zero-order valence-corrected chi connectivity index (χ0v) is 12.4. The van der Waals surface area contributed by atoms with Crippen LogP contribution in [0.1, 0.15) is 53.8 Å². The third-order valence-electron chi connectivity index (χ3n) is 4.00. The molecule has 0 bridgehead atoms. The Labute approximate surface area is 124 Å². The number of carbonyl (C=O) groups is 2. The summed E-state index contributed by atoms with van der Waals surface area (Å²) in [6, 6.07) is 1.37. The molecular formula is C15H21N3O3. The lowest BCUT2D eigenvalue weighted by atomic mass is 9.94. The Morgan fingerprint density at radius 1 is 1.19 bits per heavy atom. The van der Waals surface area contributed by atoms with E-state index >= 15 is 0 Å². The van der Waals surface area contributed by atoms with Gasteiger partial charge in [-0.1, -0.05) is 19.3 Å². The molecule has 1 fully saturated rings. The van der Waals surface area contributed by atoms with Crippen LogP contribution < -0.4 is 5.32 Å². The number of hydrogen-bond acceptors (Lipinski definition) is 4. The summed E-state index contributed by atoms with van der Waals surface area (Å²) in [6.45, 7) is 3.50. The molecule has 2 rings (SSSR count). The van der Waals surface area contributed by atoms with E-state index in [0.29, 0.717) is 29.8 Å². The Morgan fingerprint density at radius 3 is 2.62 bits per heavy atom. The molecule has 0 radical (unpaired) electrons. The highest BCUT2D eigenvalue weighted by Gasteiger charge is 2.31. The summed E-state index contributed by atoms with van der Waals surface area (Å²) in [5.41, 5.74) is 1.69. The molecule has 114 valence electrons. The summed E-state index contributed by atoms with van der Waals surface area (Å²) >= 11 is 0. The molecule has 0 spiro atoms. The van der Waals surface area contributed by atoms with E-state index in [4.69, 9.17) is 0 Å². The van der Waals surface area contributed by atoms with E-state index in [2.05, 4.69) is 15.5 Å². The summed E-state index contributed by atoms with van der Waals surface area (Å²) in [5.74, 6) is -1.60. The van der Waals surface area contributed by atoms with Crippen LogP contribution in [0, 0.1) is 19.8 Å². The van der Waals surface area contributed by atoms with E-state index in [-0.39, 0.29) is 11.9 Å². The molecular weight excluding hydrogens is 270 g/mol. The van der Waals surface area contributed by atoms with Crippen molar-refractivity contribution in [3.05, 3.63) is 23.0 Å². The Balaban J connectivity index is 2.16. The second-order valence-electron chi connectivity index (χ2n) is 5.65. The van der Waals surface area contributed by atoms with E-state index in [1.54, 1.807) is 19.9 Å². The number of nitrogens with zero attached hydrogens (tertiary/aromatic N) is 2. The molecule has 0 aliphatic heterocycles. The molecule has 1 aliphatic carbocycles. The van der Waals surface area contributed by atoms with Crippen molar-refractivity contribution in [1.82, 2.24) is 15.5 Å². The number of rotatable bonds is 3. The SMILES string of the molecule is Cc1cc(C(=O)NC2CCCCCC2C(=O)O)c(C)nn1. The van der Waals surface area contributed by atoms with Crippen LogP contribution in [-0.2, 0) is 4.79 Å². The number of carbonyl (C=O) groups excluding carboxylic acids is 1. The van der Waals surface area contributed by atoms with E-state index < -0.39 is 11.9 Å². The van der Waals surface area contributed by atoms with Gasteiger partial charge in [-0.05, 0) is 32.8 Å². The van der Waals surface area contributed by atoms with Gasteiger partial charge in [0.2, 0.25) is 0 Å². The van der Waals surface area contributed by atoms with Gasteiger partial charge in [-0.2, -0.15) is 10.2 Å². The van der Waals surface area contributed by atoms with Gasteiger partial charge in [-0.3, -0.25) is 9.59 Å². The van der Waals surface area contributed by atoms with Crippen LogP contribution in [-0.4, -0.2) is 33.2 Å². The highest BCUT2D eigenvalue weighted by Crippen LogP contribution is 2.24. The van der Waals surface area contributed by atoms with E-state index in [1.807, 2.05) is 0 Å². The van der Waals surface area contributed by atoms with Gasteiger partial charge in [0.05, 0.1) is 22.9 Å². The van der Waals surface area contributed by atoms with Crippen molar-refractivity contribution in [3.8, 4) is 0 Å². The van der Waals surface area contributed by atoms with Crippen LogP contribution in [0.4, 0.5) is 0 Å². The highest BCUT2D eigenvalue weighted by molar-refractivity contribution is 5.95. The van der Waals surface area contributed by atoms with Gasteiger partial charge in [0.15, 0.2) is 0 Å². The van der Waals surface area contributed by atoms with Gasteiger partial charge in [-0.15, -0.1) is 0 Å². The zero-order valence-electron chi connectivity index (χ0n) is 12.4. The predicted octanol–water partition coefficient (Wildman–Crippen LogP) is 1.86. The minimum atomic E-state index is -0.831. The fourth-order valence-corrected chi connectivity index (χ4v) is 2.80. The molecule has 0 aromatic carbocycles. The minimum absolute atomic E-state index is 0.261. The van der Waals surface area contributed by atoms with Crippen LogP contribution in [0.5, 0.6) is 0 Å². The quantitative estimate of drug-likeness (QED) is 0.829. The number of hydrogen-bond donors (Lipinski definition) is 2. The molecule has 2 unspecified atom stereocenters. The molecule has 21 heavy (non-hydrogen) atoms. The molecule has 1 aromatic heterocycles. The zero-order chi connectivity index (χ0) is 15.4. The smallest absolute Gasteiger partial charge is 0.308 e. The van der Waals surface area contributed by atoms with Crippen molar-refractivity contribution in [3.63, 3.8) is 0 Å². The van der Waals surface area contributed by atoms with E-state index in [9.17, 15) is 14.7 Å². The maximum atomic E-state index is 12.4. The van der Waals surface area contributed by atoms with Crippen molar-refractivity contribution in [1.29, 1.82) is 0 Å². The molecule has 2 N–H and O–H groups in total. The average molecular weight is 291 g/mol. The fourth-order valence-electron chi connectivity index (χ4n) is 2.80. The fraction of sp³-hybridized carbons (Fsp3) is 0.600. The number of carboxylic acid groups (broad SMARTS) is 1. The van der Waals surface area contributed by atoms with Crippen molar-refractivity contribution in [2.24, 2.45) is 5.92 Å². The number of aromatic nitrogens is 2. The van der Waals surface area contributed by atoms with Crippen molar-refractivity contribution in [2.75, 3.05) is 0 Å². The molecule has 1 heterocycles. The second kappa shape index (κ2) is 6.65. The van der Waals surface area contributed by atoms with Crippen molar-refractivity contribution in [2.45, 2.75) is 52.0 Å². The van der Waals surface area contributed by atoms with Crippen LogP contribution in [0.15, 0.2) is 6.07 Å². The maximum Gasteiger partial charge on any atom is 0.308 e. The second-order valence-corrected chi connectivity index (χ2v) is 5.65. The lowest BCUT2D eigenvalue weighted by Crippen LogP contribution is -2.43. The first-order chi connectivity index (χ1) is 9.99. The molecule has 1 aromatic rings. The van der Waals surface area contributed by atoms with E-state index in [1.165, 1.54) is 0 Å². The number of carboxylic acids is 1. The van der Waals surface area contributed by atoms with Crippen LogP contribution in [0.25, 0.3) is 0 Å². The minimum Gasteiger partial charge on any atom is -0.481 e. The van der Waals surface area contributed by atoms with Crippen LogP contribution in [0.2, 0.25) is 0 Å². The molecule has 1 amide bonds. The number of aryl methyl sites for hydroxylation is 2. The monoisotopic (exact) mass is 291 g/mol. The lowest BCUT2D eigenvalue weighted by molar-refractivity contribution is -0.142. The molecule has 6 nitrogen and oxygen atoms in total. The summed E-state index contributed by atoms with van der Waals surface area (Å²) in [7, 11) is 0. The van der Waals surface area contributed by atoms with Crippen molar-refractivity contribution >= 4 is 11.9 Å². The lowest BCUT2D eigenvalue weighted by Gasteiger charge is -2.23. The van der Waals surface area contributed by atoms with Gasteiger partial charge in [0.25, 0.3) is 5.91 Å². The van der Waals surface area contributed by atoms with Gasteiger partial charge in [0, 0.05) is 6.04 Å². The van der Waals surface area contributed by atoms with E-state index in [0.717, 1.165) is 19.3 Å². The molecule has 1 aliphatic rings. The predicted molar refractivity (Wildman–Crippen MR) is 77.0 cm³/mol. The standard InChI is InChI=1S/C15H21N3O3/c1-9-8-12(10(2)18-17-9)14(19)16-13-7-5-3-4-6-11(13)15(20)21/h8,11,13H,3-7H2,1-2H3,(H,16,19)(H,20,21). The van der Waals surface area contributed by atoms with Crippen LogP contribution >= 0.6 is 0 Å².